The van der Waals surface area contributed by atoms with E-state index < -0.39 is 12.1 Å². The van der Waals surface area contributed by atoms with Crippen molar-refractivity contribution >= 4 is 29.3 Å². The van der Waals surface area contributed by atoms with Crippen LogP contribution in [0, 0.1) is 0 Å². The first-order chi connectivity index (χ1) is 18.5. The summed E-state index contributed by atoms with van der Waals surface area (Å²) in [6, 6.07) is 24.0. The Hall–Kier alpha value is -4.17. The van der Waals surface area contributed by atoms with Crippen LogP contribution in [0.4, 0.5) is 16.2 Å². The smallest absolute Gasteiger partial charge is 0.411 e. The van der Waals surface area contributed by atoms with Gasteiger partial charge in [0.15, 0.2) is 0 Å². The highest BCUT2D eigenvalue weighted by molar-refractivity contribution is 6.00. The van der Waals surface area contributed by atoms with Crippen molar-refractivity contribution in [2.45, 2.75) is 32.5 Å². The van der Waals surface area contributed by atoms with Crippen LogP contribution < -0.4 is 9.80 Å². The van der Waals surface area contributed by atoms with Crippen LogP contribution >= 0.6 is 0 Å². The van der Waals surface area contributed by atoms with Crippen molar-refractivity contribution in [2.75, 3.05) is 36.1 Å². The molecule has 38 heavy (non-hydrogen) atoms. The number of fused-ring (bicyclic) bond motifs is 1. The van der Waals surface area contributed by atoms with Crippen LogP contribution in [0.2, 0.25) is 0 Å². The monoisotopic (exact) mass is 513 g/mol. The van der Waals surface area contributed by atoms with Crippen LogP contribution in [0.3, 0.4) is 0 Å². The number of benzene rings is 3. The second-order valence-corrected chi connectivity index (χ2v) is 9.35. The van der Waals surface area contributed by atoms with Gasteiger partial charge in [0.1, 0.15) is 19.3 Å². The van der Waals surface area contributed by atoms with Gasteiger partial charge in [-0.1, -0.05) is 54.6 Å². The first kappa shape index (κ1) is 25.5. The minimum atomic E-state index is -0.700. The largest absolute Gasteiger partial charge is 0.445 e. The van der Waals surface area contributed by atoms with E-state index in [2.05, 4.69) is 0 Å². The molecule has 0 aromatic heterocycles. The second kappa shape index (κ2) is 11.5. The Morgan fingerprint density at radius 2 is 1.68 bits per heavy atom. The summed E-state index contributed by atoms with van der Waals surface area (Å²) in [5.41, 5.74) is 4.42. The van der Waals surface area contributed by atoms with E-state index in [4.69, 9.17) is 9.47 Å². The zero-order chi connectivity index (χ0) is 26.5. The lowest BCUT2D eigenvalue weighted by molar-refractivity contribution is -0.126. The molecule has 2 aliphatic heterocycles. The fraction of sp³-hybridized carbons (Fsp3) is 0.300. The normalized spacial score (nSPS) is 17.1. The Morgan fingerprint density at radius 3 is 2.39 bits per heavy atom. The van der Waals surface area contributed by atoms with Gasteiger partial charge in [0, 0.05) is 30.9 Å². The van der Waals surface area contributed by atoms with E-state index in [1.165, 1.54) is 4.90 Å². The van der Waals surface area contributed by atoms with Crippen molar-refractivity contribution < 1.29 is 23.9 Å². The average Bonchev–Trinajstić information content (AvgIpc) is 2.97. The van der Waals surface area contributed by atoms with Crippen LogP contribution in [0.25, 0.3) is 0 Å². The van der Waals surface area contributed by atoms with Crippen LogP contribution in [0.5, 0.6) is 0 Å². The quantitative estimate of drug-likeness (QED) is 0.495. The highest BCUT2D eigenvalue weighted by Gasteiger charge is 2.38. The van der Waals surface area contributed by atoms with Gasteiger partial charge in [0.25, 0.3) is 5.91 Å². The zero-order valence-corrected chi connectivity index (χ0v) is 21.4. The third kappa shape index (κ3) is 5.40. The van der Waals surface area contributed by atoms with Gasteiger partial charge >= 0.3 is 6.09 Å². The highest BCUT2D eigenvalue weighted by Crippen LogP contribution is 2.28. The molecular weight excluding hydrogens is 482 g/mol. The van der Waals surface area contributed by atoms with Crippen LogP contribution in [-0.2, 0) is 38.6 Å². The minimum Gasteiger partial charge on any atom is -0.445 e. The average molecular weight is 514 g/mol. The molecule has 8 nitrogen and oxygen atoms in total. The molecule has 196 valence electrons. The molecule has 1 saturated heterocycles. The molecule has 0 N–H and O–H groups in total. The van der Waals surface area contributed by atoms with Crippen molar-refractivity contribution in [3.8, 4) is 0 Å². The van der Waals surface area contributed by atoms with E-state index >= 15 is 0 Å². The van der Waals surface area contributed by atoms with Crippen molar-refractivity contribution in [2.24, 2.45) is 0 Å². The first-order valence-electron chi connectivity index (χ1n) is 12.9. The second-order valence-electron chi connectivity index (χ2n) is 9.35. The Kier molecular flexibility index (Phi) is 7.70. The van der Waals surface area contributed by atoms with Gasteiger partial charge in [0.2, 0.25) is 5.91 Å². The zero-order valence-electron chi connectivity index (χ0n) is 21.4. The number of amides is 3. The van der Waals surface area contributed by atoms with Crippen molar-refractivity contribution in [3.05, 3.63) is 95.6 Å². The number of carbonyl (C=O) groups is 3. The molecule has 0 bridgehead atoms. The van der Waals surface area contributed by atoms with E-state index in [1.54, 1.807) is 9.80 Å². The number of anilines is 2. The Bertz CT molecular complexity index is 1290. The highest BCUT2D eigenvalue weighted by atomic mass is 16.6. The molecule has 0 radical (unpaired) electrons. The predicted molar refractivity (Wildman–Crippen MR) is 144 cm³/mol. The SMILES string of the molecule is CCN(C(=O)[C@@H]1Cc2ccccc2CN1C(=O)OCc1ccccc1)c1ccc(N2CCOCC2=O)cc1. The number of ether oxygens (including phenoxy) is 2. The van der Waals surface area contributed by atoms with Gasteiger partial charge in [-0.15, -0.1) is 0 Å². The van der Waals surface area contributed by atoms with E-state index in [0.717, 1.165) is 22.4 Å². The van der Waals surface area contributed by atoms with Crippen LogP contribution in [0.1, 0.15) is 23.6 Å². The molecule has 5 rings (SSSR count). The molecule has 3 aromatic rings. The first-order valence-corrected chi connectivity index (χ1v) is 12.9. The summed E-state index contributed by atoms with van der Waals surface area (Å²) < 4.78 is 10.9. The molecule has 3 aromatic carbocycles. The topological polar surface area (TPSA) is 79.4 Å². The number of nitrogens with zero attached hydrogens (tertiary/aromatic N) is 3. The molecular formula is C30H31N3O5. The van der Waals surface area contributed by atoms with Crippen molar-refractivity contribution in [1.82, 2.24) is 4.90 Å². The fourth-order valence-corrected chi connectivity index (χ4v) is 4.99. The van der Waals surface area contributed by atoms with Crippen molar-refractivity contribution in [3.63, 3.8) is 0 Å². The molecule has 0 saturated carbocycles. The van der Waals surface area contributed by atoms with Gasteiger partial charge in [-0.3, -0.25) is 14.5 Å². The van der Waals surface area contributed by atoms with E-state index in [9.17, 15) is 14.4 Å². The predicted octanol–water partition coefficient (Wildman–Crippen LogP) is 4.17. The van der Waals surface area contributed by atoms with E-state index in [0.29, 0.717) is 38.3 Å². The molecule has 2 heterocycles. The molecule has 1 atom stereocenters. The van der Waals surface area contributed by atoms with Gasteiger partial charge in [0.05, 0.1) is 13.2 Å². The summed E-state index contributed by atoms with van der Waals surface area (Å²) in [6.07, 6.45) is -0.106. The summed E-state index contributed by atoms with van der Waals surface area (Å²) in [7, 11) is 0. The summed E-state index contributed by atoms with van der Waals surface area (Å²) in [6.45, 7) is 3.84. The van der Waals surface area contributed by atoms with Crippen LogP contribution in [-0.4, -0.2) is 55.2 Å². The maximum atomic E-state index is 14.0. The molecule has 0 aliphatic carbocycles. The van der Waals surface area contributed by atoms with Gasteiger partial charge in [-0.05, 0) is 47.9 Å². The lowest BCUT2D eigenvalue weighted by Gasteiger charge is -2.38. The third-order valence-electron chi connectivity index (χ3n) is 7.01. The van der Waals surface area contributed by atoms with Crippen molar-refractivity contribution in [1.29, 1.82) is 0 Å². The number of rotatable bonds is 6. The summed E-state index contributed by atoms with van der Waals surface area (Å²) >= 11 is 0. The maximum Gasteiger partial charge on any atom is 0.411 e. The lowest BCUT2D eigenvalue weighted by Crippen LogP contribution is -2.54. The van der Waals surface area contributed by atoms with Crippen LogP contribution in [0.15, 0.2) is 78.9 Å². The molecule has 8 heteroatoms. The van der Waals surface area contributed by atoms with Gasteiger partial charge < -0.3 is 19.3 Å². The summed E-state index contributed by atoms with van der Waals surface area (Å²) in [4.78, 5) is 44.4. The number of likely N-dealkylation sites (N-methyl/N-ethyl adjacent to an activating group) is 1. The standard InChI is InChI=1S/C30H31N3O5/c1-2-31(25-12-14-26(15-13-25)32-16-17-37-21-28(32)34)29(35)27-18-23-10-6-7-11-24(23)19-33(27)30(36)38-20-22-8-4-3-5-9-22/h3-15,27H,2,16-21H2,1H3/t27-/m0/s1. The Balaban J connectivity index is 1.37. The number of carbonyl (C=O) groups excluding carboxylic acids is 3. The molecule has 0 unspecified atom stereocenters. The summed E-state index contributed by atoms with van der Waals surface area (Å²) in [5, 5.41) is 0. The summed E-state index contributed by atoms with van der Waals surface area (Å²) in [5.74, 6) is -0.258. The number of hydrogen-bond acceptors (Lipinski definition) is 5. The number of morpholine rings is 1. The lowest BCUT2D eigenvalue weighted by atomic mass is 9.93. The van der Waals surface area contributed by atoms with Gasteiger partial charge in [-0.25, -0.2) is 4.79 Å². The Labute approximate surface area is 222 Å². The molecule has 1 fully saturated rings. The maximum absolute atomic E-state index is 14.0. The van der Waals surface area contributed by atoms with E-state index in [-0.39, 0.29) is 25.0 Å². The molecule has 0 spiro atoms. The minimum absolute atomic E-state index is 0.0701. The Morgan fingerprint density at radius 1 is 0.974 bits per heavy atom. The number of hydrogen-bond donors (Lipinski definition) is 0. The third-order valence-corrected chi connectivity index (χ3v) is 7.01. The molecule has 3 amide bonds. The van der Waals surface area contributed by atoms with E-state index in [1.807, 2.05) is 85.8 Å². The van der Waals surface area contributed by atoms with Gasteiger partial charge in [-0.2, -0.15) is 0 Å². The molecule has 2 aliphatic rings. The fourth-order valence-electron chi connectivity index (χ4n) is 4.99.